The Hall–Kier alpha value is -1.47. The molecule has 1 rings (SSSR count). The van der Waals surface area contributed by atoms with Crippen molar-refractivity contribution in [3.8, 4) is 0 Å². The number of nitrogens with zero attached hydrogens (tertiary/aromatic N) is 1. The first kappa shape index (κ1) is 15.6. The number of rotatable bonds is 5. The minimum Gasteiger partial charge on any atom is -0.325 e. The van der Waals surface area contributed by atoms with Crippen LogP contribution in [0, 0.1) is 17.0 Å². The molecule has 0 atom stereocenters. The SMILES string of the molecule is Cc1c(CS(=O)(=O)CC(C)(C)N)cccc1[N+](=O)[O-]. The van der Waals surface area contributed by atoms with Gasteiger partial charge in [0.1, 0.15) is 0 Å². The van der Waals surface area contributed by atoms with Gasteiger partial charge in [0.25, 0.3) is 5.69 Å². The highest BCUT2D eigenvalue weighted by atomic mass is 32.2. The summed E-state index contributed by atoms with van der Waals surface area (Å²) in [6.45, 7) is 4.81. The van der Waals surface area contributed by atoms with Crippen LogP contribution >= 0.6 is 0 Å². The highest BCUT2D eigenvalue weighted by molar-refractivity contribution is 7.90. The molecule has 0 spiro atoms. The van der Waals surface area contributed by atoms with Crippen molar-refractivity contribution in [3.63, 3.8) is 0 Å². The van der Waals surface area contributed by atoms with E-state index in [1.165, 1.54) is 12.1 Å². The molecule has 1 aromatic rings. The lowest BCUT2D eigenvalue weighted by molar-refractivity contribution is -0.385. The molecule has 0 bridgehead atoms. The van der Waals surface area contributed by atoms with Gasteiger partial charge in [0.15, 0.2) is 9.84 Å². The standard InChI is InChI=1S/C12H18N2O4S/c1-9-10(5-4-6-11(9)14(15)16)7-19(17,18)8-12(2,3)13/h4-6H,7-8,13H2,1-3H3. The van der Waals surface area contributed by atoms with Gasteiger partial charge < -0.3 is 5.73 Å². The summed E-state index contributed by atoms with van der Waals surface area (Å²) in [6, 6.07) is 4.44. The normalized spacial score (nSPS) is 12.4. The number of nitro groups is 1. The lowest BCUT2D eigenvalue weighted by atomic mass is 10.1. The summed E-state index contributed by atoms with van der Waals surface area (Å²) in [5.74, 6) is -0.400. The first-order valence-corrected chi connectivity index (χ1v) is 7.56. The fourth-order valence-corrected chi connectivity index (χ4v) is 3.90. The molecule has 0 heterocycles. The van der Waals surface area contributed by atoms with Crippen LogP contribution in [0.3, 0.4) is 0 Å². The van der Waals surface area contributed by atoms with Crippen molar-refractivity contribution < 1.29 is 13.3 Å². The number of hydrogen-bond donors (Lipinski definition) is 1. The lowest BCUT2D eigenvalue weighted by Crippen LogP contribution is -2.40. The lowest BCUT2D eigenvalue weighted by Gasteiger charge is -2.18. The fourth-order valence-electron chi connectivity index (χ4n) is 1.88. The largest absolute Gasteiger partial charge is 0.325 e. The zero-order valence-corrected chi connectivity index (χ0v) is 12.0. The molecule has 0 saturated heterocycles. The van der Waals surface area contributed by atoms with Crippen LogP contribution < -0.4 is 5.73 Å². The second-order valence-corrected chi connectivity index (χ2v) is 7.40. The van der Waals surface area contributed by atoms with Crippen LogP contribution in [0.1, 0.15) is 25.0 Å². The molecule has 6 nitrogen and oxygen atoms in total. The van der Waals surface area contributed by atoms with Gasteiger partial charge in [-0.05, 0) is 26.3 Å². The monoisotopic (exact) mass is 286 g/mol. The molecule has 0 aliphatic rings. The van der Waals surface area contributed by atoms with Crippen molar-refractivity contribution in [2.45, 2.75) is 32.1 Å². The van der Waals surface area contributed by atoms with Gasteiger partial charge in [-0.1, -0.05) is 12.1 Å². The van der Waals surface area contributed by atoms with Crippen LogP contribution in [0.2, 0.25) is 0 Å². The summed E-state index contributed by atoms with van der Waals surface area (Å²) in [4.78, 5) is 10.3. The zero-order valence-electron chi connectivity index (χ0n) is 11.2. The smallest absolute Gasteiger partial charge is 0.272 e. The van der Waals surface area contributed by atoms with Crippen LogP contribution in [0.15, 0.2) is 18.2 Å². The molecular formula is C12H18N2O4S. The Kier molecular flexibility index (Phi) is 4.32. The second-order valence-electron chi connectivity index (χ2n) is 5.34. The fraction of sp³-hybridized carbons (Fsp3) is 0.500. The highest BCUT2D eigenvalue weighted by Crippen LogP contribution is 2.23. The van der Waals surface area contributed by atoms with Gasteiger partial charge >= 0.3 is 0 Å². The summed E-state index contributed by atoms with van der Waals surface area (Å²) in [5, 5.41) is 10.8. The Bertz CT molecular complexity index is 588. The van der Waals surface area contributed by atoms with Gasteiger partial charge in [-0.25, -0.2) is 8.42 Å². The maximum Gasteiger partial charge on any atom is 0.272 e. The molecule has 0 unspecified atom stereocenters. The number of benzene rings is 1. The Morgan fingerprint density at radius 2 is 1.95 bits per heavy atom. The van der Waals surface area contributed by atoms with Crippen molar-refractivity contribution in [3.05, 3.63) is 39.4 Å². The maximum atomic E-state index is 12.0. The molecule has 1 aromatic carbocycles. The molecule has 0 aromatic heterocycles. The maximum absolute atomic E-state index is 12.0. The molecule has 0 fully saturated rings. The minimum atomic E-state index is -3.40. The summed E-state index contributed by atoms with van der Waals surface area (Å²) in [7, 11) is -3.40. The van der Waals surface area contributed by atoms with Crippen molar-refractivity contribution in [2.75, 3.05) is 5.75 Å². The van der Waals surface area contributed by atoms with Crippen LogP contribution in [0.25, 0.3) is 0 Å². The summed E-state index contributed by atoms with van der Waals surface area (Å²) >= 11 is 0. The number of nitrogens with two attached hydrogens (primary N) is 1. The second kappa shape index (κ2) is 5.26. The predicted octanol–water partition coefficient (Wildman–Crippen LogP) is 1.56. The highest BCUT2D eigenvalue weighted by Gasteiger charge is 2.24. The van der Waals surface area contributed by atoms with Crippen molar-refractivity contribution in [1.82, 2.24) is 0 Å². The topological polar surface area (TPSA) is 103 Å². The van der Waals surface area contributed by atoms with Gasteiger partial charge in [-0.15, -0.1) is 0 Å². The van der Waals surface area contributed by atoms with E-state index in [1.54, 1.807) is 26.8 Å². The van der Waals surface area contributed by atoms with Gasteiger partial charge in [-0.3, -0.25) is 10.1 Å². The average molecular weight is 286 g/mol. The van der Waals surface area contributed by atoms with E-state index in [0.29, 0.717) is 11.1 Å². The molecule has 0 aliphatic heterocycles. The summed E-state index contributed by atoms with van der Waals surface area (Å²) in [6.07, 6.45) is 0. The van der Waals surface area contributed by atoms with E-state index in [0.717, 1.165) is 0 Å². The van der Waals surface area contributed by atoms with Gasteiger partial charge in [0, 0.05) is 17.2 Å². The summed E-state index contributed by atoms with van der Waals surface area (Å²) < 4.78 is 24.0. The Morgan fingerprint density at radius 3 is 2.42 bits per heavy atom. The number of hydrogen-bond acceptors (Lipinski definition) is 5. The Balaban J connectivity index is 3.07. The van der Waals surface area contributed by atoms with Gasteiger partial charge in [0.2, 0.25) is 0 Å². The van der Waals surface area contributed by atoms with E-state index < -0.39 is 20.3 Å². The van der Waals surface area contributed by atoms with E-state index in [-0.39, 0.29) is 17.2 Å². The quantitative estimate of drug-likeness (QED) is 0.653. The molecule has 19 heavy (non-hydrogen) atoms. The third kappa shape index (κ3) is 4.60. The van der Waals surface area contributed by atoms with E-state index in [4.69, 9.17) is 5.73 Å². The van der Waals surface area contributed by atoms with Crippen molar-refractivity contribution in [2.24, 2.45) is 5.73 Å². The van der Waals surface area contributed by atoms with Crippen molar-refractivity contribution >= 4 is 15.5 Å². The molecule has 7 heteroatoms. The van der Waals surface area contributed by atoms with Crippen LogP contribution in [-0.2, 0) is 15.6 Å². The minimum absolute atomic E-state index is 0.0697. The third-order valence-electron chi connectivity index (χ3n) is 2.58. The van der Waals surface area contributed by atoms with Gasteiger partial charge in [-0.2, -0.15) is 0 Å². The average Bonchev–Trinajstić information content (AvgIpc) is 2.16. The molecule has 0 saturated carbocycles. The number of sulfone groups is 1. The first-order chi connectivity index (χ1) is 8.52. The molecule has 106 valence electrons. The Labute approximate surface area is 112 Å². The summed E-state index contributed by atoms with van der Waals surface area (Å²) in [5.41, 5.74) is 5.63. The van der Waals surface area contributed by atoms with E-state index >= 15 is 0 Å². The molecule has 0 radical (unpaired) electrons. The molecule has 0 aliphatic carbocycles. The third-order valence-corrected chi connectivity index (χ3v) is 4.52. The molecule has 0 amide bonds. The zero-order chi connectivity index (χ0) is 14.8. The van der Waals surface area contributed by atoms with Gasteiger partial charge in [0.05, 0.1) is 16.4 Å². The first-order valence-electron chi connectivity index (χ1n) is 5.74. The number of nitro benzene ring substituents is 1. The van der Waals surface area contributed by atoms with Crippen LogP contribution in [0.5, 0.6) is 0 Å². The Morgan fingerprint density at radius 1 is 1.37 bits per heavy atom. The van der Waals surface area contributed by atoms with E-state index in [1.807, 2.05) is 0 Å². The predicted molar refractivity (Wildman–Crippen MR) is 73.6 cm³/mol. The van der Waals surface area contributed by atoms with Crippen LogP contribution in [-0.4, -0.2) is 24.6 Å². The van der Waals surface area contributed by atoms with Crippen LogP contribution in [0.4, 0.5) is 5.69 Å². The van der Waals surface area contributed by atoms with Crippen molar-refractivity contribution in [1.29, 1.82) is 0 Å². The van der Waals surface area contributed by atoms with E-state index in [2.05, 4.69) is 0 Å². The van der Waals surface area contributed by atoms with E-state index in [9.17, 15) is 18.5 Å². The molecular weight excluding hydrogens is 268 g/mol. The molecule has 2 N–H and O–H groups in total.